The van der Waals surface area contributed by atoms with E-state index in [0.717, 1.165) is 25.7 Å². The molecule has 4 rings (SSSR count). The van der Waals surface area contributed by atoms with E-state index in [1.807, 2.05) is 0 Å². The molecule has 0 radical (unpaired) electrons. The molecule has 0 aromatic heterocycles. The van der Waals surface area contributed by atoms with Crippen LogP contribution >= 0.6 is 0 Å². The number of nitrogens with one attached hydrogen (secondary N) is 2. The molecule has 152 valence electrons. The second kappa shape index (κ2) is 8.36. The van der Waals surface area contributed by atoms with E-state index in [4.69, 9.17) is 19.3 Å². The summed E-state index contributed by atoms with van der Waals surface area (Å²) in [6.45, 7) is 0.740. The van der Waals surface area contributed by atoms with Gasteiger partial charge in [0.05, 0.1) is 24.8 Å². The number of hydrogen-bond donors (Lipinski definition) is 3. The minimum absolute atomic E-state index is 0.168. The van der Waals surface area contributed by atoms with Gasteiger partial charge >= 0.3 is 12.0 Å². The van der Waals surface area contributed by atoms with Gasteiger partial charge in [0.15, 0.2) is 6.10 Å². The highest BCUT2D eigenvalue weighted by molar-refractivity contribution is 5.87. The van der Waals surface area contributed by atoms with Crippen molar-refractivity contribution in [3.8, 4) is 5.75 Å². The third kappa shape index (κ3) is 4.23. The Kier molecular flexibility index (Phi) is 5.68. The second-order valence-electron chi connectivity index (χ2n) is 7.64. The van der Waals surface area contributed by atoms with Gasteiger partial charge in [0, 0.05) is 6.04 Å². The fourth-order valence-electron chi connectivity index (χ4n) is 4.18. The predicted octanol–water partition coefficient (Wildman–Crippen LogP) is 1.93. The number of amides is 2. The van der Waals surface area contributed by atoms with Crippen molar-refractivity contribution in [3.05, 3.63) is 29.8 Å². The molecule has 2 heterocycles. The van der Waals surface area contributed by atoms with Crippen LogP contribution in [0.2, 0.25) is 0 Å². The Balaban J connectivity index is 1.29. The molecule has 1 aromatic rings. The molecule has 3 fully saturated rings. The number of hydrogen-bond acceptors (Lipinski definition) is 5. The predicted molar refractivity (Wildman–Crippen MR) is 99.6 cm³/mol. The Labute approximate surface area is 163 Å². The summed E-state index contributed by atoms with van der Waals surface area (Å²) in [5.74, 6) is -0.412. The van der Waals surface area contributed by atoms with Crippen LogP contribution in [0.1, 0.15) is 42.5 Å². The Hall–Kier alpha value is -2.32. The first-order valence-electron chi connectivity index (χ1n) is 9.90. The molecule has 1 aliphatic carbocycles. The van der Waals surface area contributed by atoms with Gasteiger partial charge in [-0.05, 0) is 37.1 Å². The molecule has 4 atom stereocenters. The third-order valence-corrected chi connectivity index (χ3v) is 5.65. The van der Waals surface area contributed by atoms with Crippen molar-refractivity contribution in [1.29, 1.82) is 0 Å². The van der Waals surface area contributed by atoms with Crippen LogP contribution in [0.5, 0.6) is 5.75 Å². The molecule has 8 nitrogen and oxygen atoms in total. The molecular formula is C20H26N2O6. The van der Waals surface area contributed by atoms with Crippen molar-refractivity contribution in [2.75, 3.05) is 13.2 Å². The smallest absolute Gasteiger partial charge is 0.335 e. The molecule has 2 saturated heterocycles. The number of fused-ring (bicyclic) bond motifs is 1. The van der Waals surface area contributed by atoms with E-state index in [1.165, 1.54) is 18.6 Å². The lowest BCUT2D eigenvalue weighted by Gasteiger charge is -2.24. The fraction of sp³-hybridized carbons (Fsp3) is 0.600. The van der Waals surface area contributed by atoms with Crippen molar-refractivity contribution in [3.63, 3.8) is 0 Å². The van der Waals surface area contributed by atoms with E-state index in [1.54, 1.807) is 12.1 Å². The minimum Gasteiger partial charge on any atom is -0.485 e. The quantitative estimate of drug-likeness (QED) is 0.709. The molecule has 2 amide bonds. The highest BCUT2D eigenvalue weighted by Crippen LogP contribution is 2.30. The van der Waals surface area contributed by atoms with Gasteiger partial charge < -0.3 is 30.0 Å². The largest absolute Gasteiger partial charge is 0.485 e. The number of carboxylic acid groups (broad SMARTS) is 1. The van der Waals surface area contributed by atoms with E-state index in [-0.39, 0.29) is 42.0 Å². The van der Waals surface area contributed by atoms with E-state index in [0.29, 0.717) is 19.0 Å². The first-order chi connectivity index (χ1) is 13.6. The SMILES string of the molecule is O=C(NC1CCCCC1)N[C@H]1CO[C@@H]2[C@@H]1OC[C@@H]2Oc1ccc(C(=O)O)cc1. The molecule has 1 aromatic carbocycles. The van der Waals surface area contributed by atoms with Crippen LogP contribution in [0, 0.1) is 0 Å². The summed E-state index contributed by atoms with van der Waals surface area (Å²) in [5.41, 5.74) is 0.207. The lowest BCUT2D eigenvalue weighted by molar-refractivity contribution is 0.0303. The van der Waals surface area contributed by atoms with Crippen molar-refractivity contribution in [1.82, 2.24) is 10.6 Å². The summed E-state index contributed by atoms with van der Waals surface area (Å²) in [7, 11) is 0. The van der Waals surface area contributed by atoms with Crippen LogP contribution in [0.4, 0.5) is 4.79 Å². The summed E-state index contributed by atoms with van der Waals surface area (Å²) < 4.78 is 17.6. The maximum Gasteiger partial charge on any atom is 0.335 e. The Morgan fingerprint density at radius 2 is 1.68 bits per heavy atom. The zero-order valence-corrected chi connectivity index (χ0v) is 15.6. The van der Waals surface area contributed by atoms with Gasteiger partial charge in [-0.25, -0.2) is 9.59 Å². The van der Waals surface area contributed by atoms with Crippen molar-refractivity contribution in [2.24, 2.45) is 0 Å². The first-order valence-corrected chi connectivity index (χ1v) is 9.90. The van der Waals surface area contributed by atoms with Crippen LogP contribution in [-0.2, 0) is 9.47 Å². The van der Waals surface area contributed by atoms with Gasteiger partial charge in [-0.2, -0.15) is 0 Å². The summed E-state index contributed by atoms with van der Waals surface area (Å²) in [4.78, 5) is 23.2. The van der Waals surface area contributed by atoms with E-state index in [2.05, 4.69) is 10.6 Å². The number of carbonyl (C=O) groups excluding carboxylic acids is 1. The molecular weight excluding hydrogens is 364 g/mol. The Bertz CT molecular complexity index is 703. The van der Waals surface area contributed by atoms with Crippen LogP contribution < -0.4 is 15.4 Å². The van der Waals surface area contributed by atoms with Crippen LogP contribution in [0.15, 0.2) is 24.3 Å². The zero-order chi connectivity index (χ0) is 19.5. The number of benzene rings is 1. The maximum atomic E-state index is 12.3. The molecule has 28 heavy (non-hydrogen) atoms. The maximum absolute atomic E-state index is 12.3. The van der Waals surface area contributed by atoms with E-state index in [9.17, 15) is 9.59 Å². The number of urea groups is 1. The minimum atomic E-state index is -0.977. The summed E-state index contributed by atoms with van der Waals surface area (Å²) in [5, 5.41) is 15.0. The number of rotatable bonds is 5. The van der Waals surface area contributed by atoms with Crippen LogP contribution in [-0.4, -0.2) is 60.7 Å². The molecule has 8 heteroatoms. The van der Waals surface area contributed by atoms with E-state index < -0.39 is 5.97 Å². The van der Waals surface area contributed by atoms with Crippen molar-refractivity contribution < 1.29 is 28.9 Å². The highest BCUT2D eigenvalue weighted by atomic mass is 16.6. The third-order valence-electron chi connectivity index (χ3n) is 5.65. The van der Waals surface area contributed by atoms with Gasteiger partial charge in [0.25, 0.3) is 0 Å². The fourth-order valence-corrected chi connectivity index (χ4v) is 4.18. The summed E-state index contributed by atoms with van der Waals surface area (Å²) in [6, 6.07) is 6.12. The average molecular weight is 390 g/mol. The molecule has 0 bridgehead atoms. The Morgan fingerprint density at radius 3 is 2.39 bits per heavy atom. The molecule has 0 spiro atoms. The van der Waals surface area contributed by atoms with Crippen LogP contribution in [0.3, 0.4) is 0 Å². The first kappa shape index (κ1) is 19.0. The van der Waals surface area contributed by atoms with Crippen molar-refractivity contribution in [2.45, 2.75) is 62.5 Å². The standard InChI is InChI=1S/C20H26N2O6/c23-19(24)12-6-8-14(9-7-12)28-16-11-27-17-15(10-26-18(16)17)22-20(25)21-13-4-2-1-3-5-13/h6-9,13,15-18H,1-5,10-11H2,(H,23,24)(H2,21,22,25)/t15-,16-,17+,18-/m0/s1. The molecule has 3 N–H and O–H groups in total. The number of aromatic carboxylic acids is 1. The second-order valence-corrected chi connectivity index (χ2v) is 7.64. The van der Waals surface area contributed by atoms with Gasteiger partial charge in [0.1, 0.15) is 18.0 Å². The summed E-state index contributed by atoms with van der Waals surface area (Å²) >= 11 is 0. The van der Waals surface area contributed by atoms with Gasteiger partial charge in [0.2, 0.25) is 0 Å². The summed E-state index contributed by atoms with van der Waals surface area (Å²) in [6.07, 6.45) is 4.83. The van der Waals surface area contributed by atoms with Gasteiger partial charge in [-0.1, -0.05) is 19.3 Å². The molecule has 3 aliphatic rings. The number of carboxylic acids is 1. The monoisotopic (exact) mass is 390 g/mol. The lowest BCUT2D eigenvalue weighted by Crippen LogP contribution is -2.51. The van der Waals surface area contributed by atoms with Gasteiger partial charge in [-0.15, -0.1) is 0 Å². The lowest BCUT2D eigenvalue weighted by atomic mass is 9.96. The zero-order valence-electron chi connectivity index (χ0n) is 15.6. The molecule has 1 saturated carbocycles. The topological polar surface area (TPSA) is 106 Å². The normalized spacial score (nSPS) is 29.9. The van der Waals surface area contributed by atoms with Gasteiger partial charge in [-0.3, -0.25) is 0 Å². The number of carbonyl (C=O) groups is 2. The molecule has 2 aliphatic heterocycles. The highest BCUT2D eigenvalue weighted by Gasteiger charge is 2.49. The average Bonchev–Trinajstić information content (AvgIpc) is 3.27. The number of ether oxygens (including phenoxy) is 3. The van der Waals surface area contributed by atoms with E-state index >= 15 is 0 Å². The van der Waals surface area contributed by atoms with Crippen LogP contribution in [0.25, 0.3) is 0 Å². The Morgan fingerprint density at radius 1 is 0.964 bits per heavy atom. The van der Waals surface area contributed by atoms with Crippen molar-refractivity contribution >= 4 is 12.0 Å². The molecule has 0 unspecified atom stereocenters.